The van der Waals surface area contributed by atoms with Crippen molar-refractivity contribution in [2.24, 2.45) is 16.3 Å². The third kappa shape index (κ3) is 2.92. The van der Waals surface area contributed by atoms with Crippen molar-refractivity contribution in [2.45, 2.75) is 76.8 Å². The molecule has 2 aliphatic heterocycles. The minimum absolute atomic E-state index is 0.315. The van der Waals surface area contributed by atoms with Crippen LogP contribution in [-0.2, 0) is 29.0 Å². The molecule has 1 aromatic heterocycles. The van der Waals surface area contributed by atoms with E-state index in [-0.39, 0.29) is 0 Å². The fraction of sp³-hybridized carbons (Fsp3) is 0.850. The van der Waals surface area contributed by atoms with Crippen LogP contribution < -0.4 is 10.6 Å². The molecule has 8 heteroatoms. The van der Waals surface area contributed by atoms with E-state index in [1.807, 2.05) is 4.68 Å². The Morgan fingerprint density at radius 2 is 2.25 bits per heavy atom. The Hall–Kier alpha value is -1.67. The van der Waals surface area contributed by atoms with E-state index in [1.165, 1.54) is 25.7 Å². The smallest absolute Gasteiger partial charge is 0.191 e. The molecule has 3 fully saturated rings. The highest BCUT2D eigenvalue weighted by atomic mass is 16.5. The number of guanidine groups is 1. The second-order valence-electron chi connectivity index (χ2n) is 8.71. The molecule has 5 rings (SSSR count). The number of nitrogens with one attached hydrogen (secondary N) is 2. The number of rotatable bonds is 5. The first kappa shape index (κ1) is 18.4. The average molecular weight is 389 g/mol. The normalized spacial score (nSPS) is 33.0. The number of aliphatic imine (C=N–C) groups is 1. The molecule has 3 heterocycles. The van der Waals surface area contributed by atoms with Crippen molar-refractivity contribution in [3.8, 4) is 0 Å². The Morgan fingerprint density at radius 3 is 3.00 bits per heavy atom. The molecule has 0 amide bonds. The van der Waals surface area contributed by atoms with Gasteiger partial charge in [0, 0.05) is 50.1 Å². The summed E-state index contributed by atoms with van der Waals surface area (Å²) >= 11 is 0. The molecular weight excluding hydrogens is 356 g/mol. The van der Waals surface area contributed by atoms with E-state index in [1.54, 1.807) is 7.11 Å². The van der Waals surface area contributed by atoms with Crippen molar-refractivity contribution in [1.82, 2.24) is 25.4 Å². The molecule has 1 aromatic rings. The summed E-state index contributed by atoms with van der Waals surface area (Å²) in [5, 5.41) is 12.1. The van der Waals surface area contributed by atoms with Gasteiger partial charge in [-0.3, -0.25) is 4.99 Å². The van der Waals surface area contributed by atoms with Crippen LogP contribution in [0.5, 0.6) is 0 Å². The summed E-state index contributed by atoms with van der Waals surface area (Å²) in [7, 11) is 1.68. The van der Waals surface area contributed by atoms with Crippen molar-refractivity contribution < 1.29 is 9.47 Å². The lowest BCUT2D eigenvalue weighted by molar-refractivity contribution is -0.171. The molecule has 0 radical (unpaired) electrons. The third-order valence-corrected chi connectivity index (χ3v) is 7.16. The van der Waals surface area contributed by atoms with Crippen LogP contribution in [-0.4, -0.2) is 59.2 Å². The summed E-state index contributed by atoms with van der Waals surface area (Å²) in [6, 6.07) is 0.820. The van der Waals surface area contributed by atoms with Gasteiger partial charge in [0.25, 0.3) is 0 Å². The van der Waals surface area contributed by atoms with E-state index in [0.29, 0.717) is 36.1 Å². The first-order valence-corrected chi connectivity index (χ1v) is 10.8. The summed E-state index contributed by atoms with van der Waals surface area (Å²) in [6.07, 6.45) is 7.55. The fourth-order valence-electron chi connectivity index (χ4n) is 5.76. The van der Waals surface area contributed by atoms with Gasteiger partial charge in [-0.1, -0.05) is 6.42 Å². The Kier molecular flexibility index (Phi) is 4.79. The minimum Gasteiger partial charge on any atom is -0.377 e. The van der Waals surface area contributed by atoms with Gasteiger partial charge in [0.15, 0.2) is 11.8 Å². The van der Waals surface area contributed by atoms with Crippen LogP contribution in [0.4, 0.5) is 0 Å². The topological polar surface area (TPSA) is 85.6 Å². The number of aromatic nitrogens is 3. The van der Waals surface area contributed by atoms with Crippen LogP contribution in [0, 0.1) is 11.3 Å². The molecule has 4 unspecified atom stereocenters. The van der Waals surface area contributed by atoms with Crippen LogP contribution in [0.15, 0.2) is 4.99 Å². The van der Waals surface area contributed by atoms with Gasteiger partial charge in [-0.15, -0.1) is 0 Å². The maximum atomic E-state index is 6.06. The molecule has 0 aromatic carbocycles. The van der Waals surface area contributed by atoms with Crippen LogP contribution in [0.3, 0.4) is 0 Å². The number of nitrogens with zero attached hydrogens (tertiary/aromatic N) is 4. The van der Waals surface area contributed by atoms with E-state index in [0.717, 1.165) is 50.1 Å². The lowest BCUT2D eigenvalue weighted by Gasteiger charge is -2.63. The van der Waals surface area contributed by atoms with Gasteiger partial charge in [0.2, 0.25) is 0 Å². The Balaban J connectivity index is 1.24. The molecule has 1 saturated heterocycles. The van der Waals surface area contributed by atoms with Crippen molar-refractivity contribution in [3.63, 3.8) is 0 Å². The third-order valence-electron chi connectivity index (χ3n) is 7.16. The average Bonchev–Trinajstić information content (AvgIpc) is 3.23. The molecule has 2 N–H and O–H groups in total. The maximum Gasteiger partial charge on any atom is 0.191 e. The number of hydrogen-bond acceptors (Lipinski definition) is 5. The molecule has 0 bridgehead atoms. The highest BCUT2D eigenvalue weighted by molar-refractivity contribution is 5.80. The standard InChI is InChI=1S/C20H32N6O2/c1-3-21-19(24-17-14-7-10-28-18(14)20(17)8-4-9-20)22-13-5-6-16-23-15(12-27-2)25-26(16)11-13/h13-14,17-18H,3-12H2,1-2H3,(H2,21,22,24). The van der Waals surface area contributed by atoms with Crippen molar-refractivity contribution >= 4 is 5.96 Å². The largest absolute Gasteiger partial charge is 0.377 e. The van der Waals surface area contributed by atoms with Gasteiger partial charge >= 0.3 is 0 Å². The molecule has 2 saturated carbocycles. The molecule has 8 nitrogen and oxygen atoms in total. The lowest BCUT2D eigenvalue weighted by Crippen LogP contribution is -2.72. The number of hydrogen-bond donors (Lipinski definition) is 2. The van der Waals surface area contributed by atoms with Crippen molar-refractivity contribution in [2.75, 3.05) is 20.3 Å². The predicted octanol–water partition coefficient (Wildman–Crippen LogP) is 1.25. The van der Waals surface area contributed by atoms with Gasteiger partial charge in [0.05, 0.1) is 12.6 Å². The van der Waals surface area contributed by atoms with E-state index in [2.05, 4.69) is 27.6 Å². The van der Waals surface area contributed by atoms with E-state index < -0.39 is 0 Å². The zero-order chi connectivity index (χ0) is 19.1. The number of fused-ring (bicyclic) bond motifs is 3. The minimum atomic E-state index is 0.315. The second kappa shape index (κ2) is 7.30. The summed E-state index contributed by atoms with van der Waals surface area (Å²) in [5.41, 5.74) is 0.359. The molecule has 2 aliphatic carbocycles. The highest BCUT2D eigenvalue weighted by Gasteiger charge is 2.66. The lowest BCUT2D eigenvalue weighted by atomic mass is 9.46. The molecule has 1 spiro atoms. The monoisotopic (exact) mass is 388 g/mol. The van der Waals surface area contributed by atoms with Gasteiger partial charge in [-0.05, 0) is 32.6 Å². The molecule has 4 aliphatic rings. The SMILES string of the molecule is CCN=C(NC1CCc2nc(COC)nn2C1)NC1C2CCOC2C12CCC2. The van der Waals surface area contributed by atoms with Crippen LogP contribution >= 0.6 is 0 Å². The number of ether oxygens (including phenoxy) is 2. The summed E-state index contributed by atoms with van der Waals surface area (Å²) < 4.78 is 13.3. The number of aryl methyl sites for hydroxylation is 1. The van der Waals surface area contributed by atoms with Gasteiger partial charge in [0.1, 0.15) is 12.4 Å². The Morgan fingerprint density at radius 1 is 1.36 bits per heavy atom. The van der Waals surface area contributed by atoms with Gasteiger partial charge in [-0.2, -0.15) is 5.10 Å². The van der Waals surface area contributed by atoms with Crippen molar-refractivity contribution in [1.29, 1.82) is 0 Å². The Labute approximate surface area is 166 Å². The Bertz CT molecular complexity index is 743. The molecule has 154 valence electrons. The molecular formula is C20H32N6O2. The van der Waals surface area contributed by atoms with Crippen LogP contribution in [0.2, 0.25) is 0 Å². The van der Waals surface area contributed by atoms with Crippen molar-refractivity contribution in [3.05, 3.63) is 11.6 Å². The van der Waals surface area contributed by atoms with Crippen LogP contribution in [0.1, 0.15) is 50.7 Å². The van der Waals surface area contributed by atoms with E-state index in [4.69, 9.17) is 14.5 Å². The quantitative estimate of drug-likeness (QED) is 0.583. The second-order valence-corrected chi connectivity index (χ2v) is 8.71. The first-order chi connectivity index (χ1) is 13.7. The molecule has 4 atom stereocenters. The van der Waals surface area contributed by atoms with Gasteiger partial charge in [-0.25, -0.2) is 9.67 Å². The molecule has 28 heavy (non-hydrogen) atoms. The van der Waals surface area contributed by atoms with E-state index in [9.17, 15) is 0 Å². The zero-order valence-corrected chi connectivity index (χ0v) is 17.0. The fourth-order valence-corrected chi connectivity index (χ4v) is 5.76. The van der Waals surface area contributed by atoms with E-state index >= 15 is 0 Å². The summed E-state index contributed by atoms with van der Waals surface area (Å²) in [5.74, 6) is 3.43. The van der Waals surface area contributed by atoms with Crippen LogP contribution in [0.25, 0.3) is 0 Å². The summed E-state index contributed by atoms with van der Waals surface area (Å²) in [4.78, 5) is 9.33. The maximum absolute atomic E-state index is 6.06. The highest BCUT2D eigenvalue weighted by Crippen LogP contribution is 2.62. The number of methoxy groups -OCH3 is 1. The summed E-state index contributed by atoms with van der Waals surface area (Å²) in [6.45, 7) is 5.08. The first-order valence-electron chi connectivity index (χ1n) is 10.8. The zero-order valence-electron chi connectivity index (χ0n) is 17.0. The predicted molar refractivity (Wildman–Crippen MR) is 105 cm³/mol. The van der Waals surface area contributed by atoms with Gasteiger partial charge < -0.3 is 20.1 Å².